The van der Waals surface area contributed by atoms with Crippen LogP contribution in [0.2, 0.25) is 0 Å². The molecular weight excluding hydrogens is 245 g/mol. The van der Waals surface area contributed by atoms with Crippen LogP contribution < -0.4 is 0 Å². The second kappa shape index (κ2) is 5.47. The Labute approximate surface area is 93.0 Å². The molecule has 0 aliphatic rings. The van der Waals surface area contributed by atoms with Crippen LogP contribution in [-0.2, 0) is 0 Å². The minimum atomic E-state index is -0.124. The summed E-state index contributed by atoms with van der Waals surface area (Å²) in [7, 11) is 2.00. The van der Waals surface area contributed by atoms with Gasteiger partial charge in [0.25, 0.3) is 0 Å². The first-order valence-electron chi connectivity index (χ1n) is 4.67. The fourth-order valence-electron chi connectivity index (χ4n) is 1.38. The lowest BCUT2D eigenvalue weighted by atomic mass is 10.1. The lowest BCUT2D eigenvalue weighted by Crippen LogP contribution is -2.24. The third kappa shape index (κ3) is 2.79. The molecule has 0 N–H and O–H groups in total. The Morgan fingerprint density at radius 2 is 2.07 bits per heavy atom. The molecule has 0 aromatic heterocycles. The monoisotopic (exact) mass is 259 g/mol. The Balaban J connectivity index is 2.78. The van der Waals surface area contributed by atoms with Crippen molar-refractivity contribution in [2.24, 2.45) is 0 Å². The van der Waals surface area contributed by atoms with E-state index in [0.29, 0.717) is 0 Å². The topological polar surface area (TPSA) is 3.24 Å². The number of rotatable bonds is 4. The maximum absolute atomic E-state index is 13.4. The van der Waals surface area contributed by atoms with Crippen LogP contribution in [0.1, 0.15) is 18.5 Å². The van der Waals surface area contributed by atoms with E-state index in [0.717, 1.165) is 17.4 Å². The molecule has 0 saturated carbocycles. The smallest absolute Gasteiger partial charge is 0.127 e. The fraction of sp³-hybridized carbons (Fsp3) is 0.455. The normalized spacial score (nSPS) is 13.2. The van der Waals surface area contributed by atoms with Gasteiger partial charge in [-0.3, -0.25) is 4.90 Å². The highest BCUT2D eigenvalue weighted by molar-refractivity contribution is 9.09. The zero-order chi connectivity index (χ0) is 10.6. The van der Waals surface area contributed by atoms with E-state index in [1.807, 2.05) is 26.1 Å². The first-order chi connectivity index (χ1) is 6.66. The summed E-state index contributed by atoms with van der Waals surface area (Å²) in [6.45, 7) is 2.93. The maximum Gasteiger partial charge on any atom is 0.127 e. The number of benzene rings is 1. The average Bonchev–Trinajstić information content (AvgIpc) is 2.18. The van der Waals surface area contributed by atoms with Gasteiger partial charge in [-0.1, -0.05) is 34.1 Å². The second-order valence-corrected chi connectivity index (χ2v) is 4.16. The van der Waals surface area contributed by atoms with Gasteiger partial charge in [-0.15, -0.1) is 0 Å². The van der Waals surface area contributed by atoms with Crippen LogP contribution in [-0.4, -0.2) is 23.8 Å². The lowest BCUT2D eigenvalue weighted by molar-refractivity contribution is 0.273. The van der Waals surface area contributed by atoms with Gasteiger partial charge in [0.2, 0.25) is 0 Å². The molecule has 1 nitrogen and oxygen atoms in total. The molecule has 0 heterocycles. The van der Waals surface area contributed by atoms with Gasteiger partial charge in [0.1, 0.15) is 5.82 Å². The van der Waals surface area contributed by atoms with Crippen LogP contribution in [0.5, 0.6) is 0 Å². The molecule has 0 saturated heterocycles. The van der Waals surface area contributed by atoms with Crippen LogP contribution in [0.3, 0.4) is 0 Å². The Morgan fingerprint density at radius 3 is 2.64 bits per heavy atom. The second-order valence-electron chi connectivity index (χ2n) is 3.37. The van der Waals surface area contributed by atoms with Gasteiger partial charge in [-0.25, -0.2) is 4.39 Å². The number of halogens is 2. The van der Waals surface area contributed by atoms with Crippen molar-refractivity contribution in [1.82, 2.24) is 4.90 Å². The summed E-state index contributed by atoms with van der Waals surface area (Å²) in [5, 5.41) is 0.905. The zero-order valence-electron chi connectivity index (χ0n) is 8.50. The minimum Gasteiger partial charge on any atom is -0.299 e. The number of hydrogen-bond donors (Lipinski definition) is 0. The van der Waals surface area contributed by atoms with Crippen molar-refractivity contribution in [3.63, 3.8) is 0 Å². The van der Waals surface area contributed by atoms with E-state index in [2.05, 4.69) is 20.8 Å². The van der Waals surface area contributed by atoms with Crippen molar-refractivity contribution in [1.29, 1.82) is 0 Å². The largest absolute Gasteiger partial charge is 0.299 e. The summed E-state index contributed by atoms with van der Waals surface area (Å²) in [5.74, 6) is -0.124. The Hall–Kier alpha value is -0.410. The molecule has 78 valence electrons. The first kappa shape index (κ1) is 11.7. The van der Waals surface area contributed by atoms with Crippen LogP contribution in [0, 0.1) is 5.82 Å². The highest BCUT2D eigenvalue weighted by Crippen LogP contribution is 2.21. The fourth-order valence-corrected chi connectivity index (χ4v) is 1.94. The highest BCUT2D eigenvalue weighted by Gasteiger charge is 2.13. The predicted octanol–water partition coefficient (Wildman–Crippen LogP) is 3.21. The number of alkyl halides is 1. The molecule has 1 unspecified atom stereocenters. The van der Waals surface area contributed by atoms with Gasteiger partial charge in [-0.2, -0.15) is 0 Å². The van der Waals surface area contributed by atoms with Gasteiger partial charge in [0.15, 0.2) is 0 Å². The third-order valence-corrected chi connectivity index (χ3v) is 2.81. The number of hydrogen-bond acceptors (Lipinski definition) is 1. The number of nitrogens with zero attached hydrogens (tertiary/aromatic N) is 1. The summed E-state index contributed by atoms with van der Waals surface area (Å²) in [4.78, 5) is 2.12. The van der Waals surface area contributed by atoms with Crippen molar-refractivity contribution in [2.75, 3.05) is 18.9 Å². The van der Waals surface area contributed by atoms with Crippen LogP contribution in [0.4, 0.5) is 4.39 Å². The van der Waals surface area contributed by atoms with Gasteiger partial charge in [-0.05, 0) is 20.0 Å². The van der Waals surface area contributed by atoms with Crippen LogP contribution in [0.25, 0.3) is 0 Å². The van der Waals surface area contributed by atoms with Crippen molar-refractivity contribution in [3.05, 3.63) is 35.6 Å². The van der Waals surface area contributed by atoms with E-state index in [9.17, 15) is 4.39 Å². The molecule has 1 rings (SSSR count). The summed E-state index contributed by atoms with van der Waals surface area (Å²) >= 11 is 3.37. The minimum absolute atomic E-state index is 0.119. The maximum atomic E-state index is 13.4. The van der Waals surface area contributed by atoms with Crippen LogP contribution in [0.15, 0.2) is 24.3 Å². The van der Waals surface area contributed by atoms with Crippen molar-refractivity contribution in [3.8, 4) is 0 Å². The van der Waals surface area contributed by atoms with Crippen molar-refractivity contribution >= 4 is 15.9 Å². The van der Waals surface area contributed by atoms with Crippen LogP contribution >= 0.6 is 15.9 Å². The molecular formula is C11H15BrFN. The standard InChI is InChI=1S/C11H15BrFN/c1-9(14(2)8-7-12)10-5-3-4-6-11(10)13/h3-6,9H,7-8H2,1-2H3. The summed E-state index contributed by atoms with van der Waals surface area (Å²) in [5.41, 5.74) is 0.760. The summed E-state index contributed by atoms with van der Waals surface area (Å²) in [6.07, 6.45) is 0. The van der Waals surface area contributed by atoms with E-state index < -0.39 is 0 Å². The van der Waals surface area contributed by atoms with Gasteiger partial charge in [0.05, 0.1) is 0 Å². The SMILES string of the molecule is CC(c1ccccc1F)N(C)CCBr. The molecule has 1 atom stereocenters. The zero-order valence-corrected chi connectivity index (χ0v) is 10.1. The summed E-state index contributed by atoms with van der Waals surface area (Å²) in [6, 6.07) is 7.06. The van der Waals surface area contributed by atoms with E-state index in [1.165, 1.54) is 6.07 Å². The quantitative estimate of drug-likeness (QED) is 0.751. The molecule has 0 amide bonds. The van der Waals surface area contributed by atoms with Gasteiger partial charge < -0.3 is 0 Å². The molecule has 14 heavy (non-hydrogen) atoms. The van der Waals surface area contributed by atoms with E-state index in [-0.39, 0.29) is 11.9 Å². The van der Waals surface area contributed by atoms with E-state index >= 15 is 0 Å². The van der Waals surface area contributed by atoms with Crippen molar-refractivity contribution in [2.45, 2.75) is 13.0 Å². The van der Waals surface area contributed by atoms with Gasteiger partial charge in [0, 0.05) is 23.5 Å². The molecule has 1 aromatic rings. The molecule has 0 spiro atoms. The average molecular weight is 260 g/mol. The van der Waals surface area contributed by atoms with Crippen molar-refractivity contribution < 1.29 is 4.39 Å². The highest BCUT2D eigenvalue weighted by atomic mass is 79.9. The molecule has 0 aliphatic carbocycles. The Kier molecular flexibility index (Phi) is 4.55. The van der Waals surface area contributed by atoms with E-state index in [4.69, 9.17) is 0 Å². The predicted molar refractivity (Wildman–Crippen MR) is 61.2 cm³/mol. The molecule has 3 heteroatoms. The van der Waals surface area contributed by atoms with E-state index in [1.54, 1.807) is 6.07 Å². The first-order valence-corrected chi connectivity index (χ1v) is 5.79. The lowest BCUT2D eigenvalue weighted by Gasteiger charge is -2.24. The summed E-state index contributed by atoms with van der Waals surface area (Å²) < 4.78 is 13.4. The Morgan fingerprint density at radius 1 is 1.43 bits per heavy atom. The third-order valence-electron chi connectivity index (χ3n) is 2.45. The molecule has 0 aliphatic heterocycles. The molecule has 0 radical (unpaired) electrons. The Bertz CT molecular complexity index is 290. The molecule has 1 aromatic carbocycles. The van der Waals surface area contributed by atoms with Gasteiger partial charge >= 0.3 is 0 Å². The molecule has 0 bridgehead atoms. The molecule has 0 fully saturated rings.